The van der Waals surface area contributed by atoms with E-state index in [1.807, 2.05) is 43.3 Å². The van der Waals surface area contributed by atoms with Crippen LogP contribution in [-0.4, -0.2) is 62.1 Å². The average Bonchev–Trinajstić information content (AvgIpc) is 3.29. The van der Waals surface area contributed by atoms with Crippen LogP contribution in [0.5, 0.6) is 5.75 Å². The van der Waals surface area contributed by atoms with Gasteiger partial charge in [-0.25, -0.2) is 0 Å². The third kappa shape index (κ3) is 4.51. The molecule has 1 aliphatic rings. The summed E-state index contributed by atoms with van der Waals surface area (Å²) < 4.78 is 5.80. The second kappa shape index (κ2) is 9.60. The van der Waals surface area contributed by atoms with Crippen LogP contribution in [0.1, 0.15) is 28.9 Å². The molecular formula is C24H29N3O2S. The molecule has 1 amide bonds. The zero-order valence-electron chi connectivity index (χ0n) is 17.6. The van der Waals surface area contributed by atoms with Crippen molar-refractivity contribution in [3.63, 3.8) is 0 Å². The Bertz CT molecular complexity index is 981. The Balaban J connectivity index is 1.57. The molecule has 0 spiro atoms. The first-order valence-corrected chi connectivity index (χ1v) is 11.5. The van der Waals surface area contributed by atoms with Gasteiger partial charge in [0.1, 0.15) is 5.75 Å². The zero-order chi connectivity index (χ0) is 20.9. The van der Waals surface area contributed by atoms with Crippen LogP contribution in [0, 0.1) is 0 Å². The van der Waals surface area contributed by atoms with Crippen molar-refractivity contribution in [1.29, 1.82) is 0 Å². The lowest BCUT2D eigenvalue weighted by molar-refractivity contribution is 0.0885. The molecule has 1 N–H and O–H groups in total. The molecule has 30 heavy (non-hydrogen) atoms. The summed E-state index contributed by atoms with van der Waals surface area (Å²) in [5.74, 6) is 0.560. The highest BCUT2D eigenvalue weighted by Gasteiger charge is 2.26. The van der Waals surface area contributed by atoms with Gasteiger partial charge in [-0.05, 0) is 53.2 Å². The Morgan fingerprint density at radius 3 is 2.67 bits per heavy atom. The topological polar surface area (TPSA) is 44.8 Å². The molecule has 0 saturated carbocycles. The number of ether oxygens (including phenoxy) is 1. The Hall–Kier alpha value is -2.41. The van der Waals surface area contributed by atoms with Gasteiger partial charge in [0.15, 0.2) is 0 Å². The van der Waals surface area contributed by atoms with Crippen molar-refractivity contribution < 1.29 is 9.53 Å². The molecule has 1 aromatic heterocycles. The average molecular weight is 424 g/mol. The molecular weight excluding hydrogens is 394 g/mol. The van der Waals surface area contributed by atoms with Crippen LogP contribution in [0.4, 0.5) is 0 Å². The number of hydrogen-bond donors (Lipinski definition) is 1. The van der Waals surface area contributed by atoms with Crippen molar-refractivity contribution in [1.82, 2.24) is 15.1 Å². The highest BCUT2D eigenvalue weighted by atomic mass is 32.1. The Morgan fingerprint density at radius 1 is 1.13 bits per heavy atom. The summed E-state index contributed by atoms with van der Waals surface area (Å²) in [7, 11) is 2.16. The van der Waals surface area contributed by atoms with Gasteiger partial charge in [-0.15, -0.1) is 0 Å². The standard InChI is InChI=1S/C24H29N3O2S/c1-3-29-22-9-8-18-6-4-5-7-20(18)23(22)24(28)25-16-21(19-10-15-30-17-19)27-13-11-26(2)12-14-27/h4-10,15,17,21H,3,11-14,16H2,1-2H3,(H,25,28). The van der Waals surface area contributed by atoms with E-state index in [0.29, 0.717) is 24.5 Å². The van der Waals surface area contributed by atoms with Crippen molar-refractivity contribution in [3.05, 3.63) is 64.4 Å². The van der Waals surface area contributed by atoms with Gasteiger partial charge in [-0.2, -0.15) is 11.3 Å². The largest absolute Gasteiger partial charge is 0.493 e. The molecule has 0 bridgehead atoms. The minimum absolute atomic E-state index is 0.0791. The smallest absolute Gasteiger partial charge is 0.255 e. The second-order valence-corrected chi connectivity index (χ2v) is 8.49. The summed E-state index contributed by atoms with van der Waals surface area (Å²) in [6.45, 7) is 7.15. The number of carbonyl (C=O) groups excluding carboxylic acids is 1. The fraction of sp³-hybridized carbons (Fsp3) is 0.375. The van der Waals surface area contributed by atoms with Gasteiger partial charge in [0.25, 0.3) is 5.91 Å². The van der Waals surface area contributed by atoms with E-state index >= 15 is 0 Å². The number of amides is 1. The molecule has 0 aliphatic carbocycles. The summed E-state index contributed by atoms with van der Waals surface area (Å²) >= 11 is 1.70. The van der Waals surface area contributed by atoms with Gasteiger partial charge in [-0.3, -0.25) is 9.69 Å². The van der Waals surface area contributed by atoms with Crippen molar-refractivity contribution in [2.75, 3.05) is 46.4 Å². The maximum atomic E-state index is 13.3. The third-order valence-corrected chi connectivity index (χ3v) is 6.48. The van der Waals surface area contributed by atoms with Crippen LogP contribution in [0.25, 0.3) is 10.8 Å². The van der Waals surface area contributed by atoms with Crippen molar-refractivity contribution in [3.8, 4) is 5.75 Å². The number of carbonyl (C=O) groups is 1. The summed E-state index contributed by atoms with van der Waals surface area (Å²) in [6.07, 6.45) is 0. The highest BCUT2D eigenvalue weighted by molar-refractivity contribution is 7.08. The van der Waals surface area contributed by atoms with E-state index in [0.717, 1.165) is 37.0 Å². The second-order valence-electron chi connectivity index (χ2n) is 7.71. The third-order valence-electron chi connectivity index (χ3n) is 5.78. The van der Waals surface area contributed by atoms with Crippen molar-refractivity contribution in [2.45, 2.75) is 13.0 Å². The maximum Gasteiger partial charge on any atom is 0.255 e. The molecule has 1 fully saturated rings. The lowest BCUT2D eigenvalue weighted by atomic mass is 10.0. The Labute approximate surface area is 182 Å². The Morgan fingerprint density at radius 2 is 1.93 bits per heavy atom. The monoisotopic (exact) mass is 423 g/mol. The van der Waals surface area contributed by atoms with E-state index < -0.39 is 0 Å². The molecule has 5 nitrogen and oxygen atoms in total. The summed E-state index contributed by atoms with van der Waals surface area (Å²) in [6, 6.07) is 14.2. The SMILES string of the molecule is CCOc1ccc2ccccc2c1C(=O)NCC(c1ccsc1)N1CCN(C)CC1. The molecule has 3 aromatic rings. The van der Waals surface area contributed by atoms with E-state index in [2.05, 4.69) is 39.0 Å². The van der Waals surface area contributed by atoms with Crippen LogP contribution < -0.4 is 10.1 Å². The number of benzene rings is 2. The number of piperazine rings is 1. The molecule has 1 aliphatic heterocycles. The van der Waals surface area contributed by atoms with Crippen LogP contribution in [0.2, 0.25) is 0 Å². The summed E-state index contributed by atoms with van der Waals surface area (Å²) in [4.78, 5) is 18.2. The number of nitrogens with zero attached hydrogens (tertiary/aromatic N) is 2. The maximum absolute atomic E-state index is 13.3. The first-order valence-electron chi connectivity index (χ1n) is 10.5. The van der Waals surface area contributed by atoms with Crippen LogP contribution >= 0.6 is 11.3 Å². The highest BCUT2D eigenvalue weighted by Crippen LogP contribution is 2.29. The van der Waals surface area contributed by atoms with Crippen LogP contribution in [0.15, 0.2) is 53.2 Å². The fourth-order valence-electron chi connectivity index (χ4n) is 4.10. The van der Waals surface area contributed by atoms with Crippen molar-refractivity contribution in [2.24, 2.45) is 0 Å². The molecule has 1 atom stereocenters. The van der Waals surface area contributed by atoms with E-state index in [-0.39, 0.29) is 11.9 Å². The minimum Gasteiger partial charge on any atom is -0.493 e. The number of thiophene rings is 1. The number of rotatable bonds is 7. The lowest BCUT2D eigenvalue weighted by Gasteiger charge is -2.38. The van der Waals surface area contributed by atoms with Gasteiger partial charge in [0, 0.05) is 32.7 Å². The van der Waals surface area contributed by atoms with Gasteiger partial charge < -0.3 is 15.0 Å². The van der Waals surface area contributed by atoms with Gasteiger partial charge in [0.2, 0.25) is 0 Å². The summed E-state index contributed by atoms with van der Waals surface area (Å²) in [5, 5.41) is 9.48. The fourth-order valence-corrected chi connectivity index (χ4v) is 4.80. The first kappa shape index (κ1) is 20.8. The Kier molecular flexibility index (Phi) is 6.67. The molecule has 1 saturated heterocycles. The predicted molar refractivity (Wildman–Crippen MR) is 124 cm³/mol. The van der Waals surface area contributed by atoms with E-state index in [1.165, 1.54) is 5.56 Å². The van der Waals surface area contributed by atoms with Gasteiger partial charge >= 0.3 is 0 Å². The molecule has 1 unspecified atom stereocenters. The zero-order valence-corrected chi connectivity index (χ0v) is 18.5. The van der Waals surface area contributed by atoms with Crippen LogP contribution in [0.3, 0.4) is 0 Å². The van der Waals surface area contributed by atoms with E-state index in [1.54, 1.807) is 11.3 Å². The predicted octanol–water partition coefficient (Wildman–Crippen LogP) is 4.02. The lowest BCUT2D eigenvalue weighted by Crippen LogP contribution is -2.48. The van der Waals surface area contributed by atoms with Gasteiger partial charge in [-0.1, -0.05) is 30.3 Å². The molecule has 4 rings (SSSR count). The molecule has 2 aromatic carbocycles. The van der Waals surface area contributed by atoms with Crippen LogP contribution in [-0.2, 0) is 0 Å². The normalized spacial score (nSPS) is 16.5. The quantitative estimate of drug-likeness (QED) is 0.624. The van der Waals surface area contributed by atoms with E-state index in [9.17, 15) is 4.79 Å². The summed E-state index contributed by atoms with van der Waals surface area (Å²) in [5.41, 5.74) is 1.89. The number of nitrogens with one attached hydrogen (secondary N) is 1. The number of hydrogen-bond acceptors (Lipinski definition) is 5. The van der Waals surface area contributed by atoms with Gasteiger partial charge in [0.05, 0.1) is 18.2 Å². The minimum atomic E-state index is -0.0791. The first-order chi connectivity index (χ1) is 14.7. The molecule has 6 heteroatoms. The number of fused-ring (bicyclic) bond motifs is 1. The molecule has 2 heterocycles. The number of likely N-dealkylation sites (N-methyl/N-ethyl adjacent to an activating group) is 1. The molecule has 158 valence electrons. The van der Waals surface area contributed by atoms with Crippen molar-refractivity contribution >= 4 is 28.0 Å². The molecule has 0 radical (unpaired) electrons. The van der Waals surface area contributed by atoms with E-state index in [4.69, 9.17) is 4.74 Å².